The van der Waals surface area contributed by atoms with Crippen LogP contribution in [0.15, 0.2) is 42.6 Å². The number of aryl methyl sites for hydroxylation is 3. The highest BCUT2D eigenvalue weighted by molar-refractivity contribution is 6.00. The van der Waals surface area contributed by atoms with Crippen LogP contribution in [-0.4, -0.2) is 69.4 Å². The molecule has 34 heavy (non-hydrogen) atoms. The molecule has 1 unspecified atom stereocenters. The van der Waals surface area contributed by atoms with Gasteiger partial charge in [0.05, 0.1) is 11.6 Å². The Morgan fingerprint density at radius 3 is 2.29 bits per heavy atom. The molecule has 0 N–H and O–H groups in total. The molecule has 2 amide bonds. The average molecular weight is 460 g/mol. The van der Waals surface area contributed by atoms with Crippen LogP contribution in [0.5, 0.6) is 0 Å². The van der Waals surface area contributed by atoms with E-state index in [1.807, 2.05) is 61.3 Å². The third-order valence-corrected chi connectivity index (χ3v) is 6.79. The summed E-state index contributed by atoms with van der Waals surface area (Å²) in [6.45, 7) is 9.05. The van der Waals surface area contributed by atoms with Crippen LogP contribution in [0.4, 0.5) is 11.5 Å². The van der Waals surface area contributed by atoms with Crippen LogP contribution >= 0.6 is 0 Å². The maximum Gasteiger partial charge on any atom is 0.228 e. The van der Waals surface area contributed by atoms with Gasteiger partial charge in [0.1, 0.15) is 0 Å². The van der Waals surface area contributed by atoms with Crippen molar-refractivity contribution in [3.8, 4) is 5.82 Å². The molecular formula is C25H29N7O2. The van der Waals surface area contributed by atoms with Crippen molar-refractivity contribution in [1.82, 2.24) is 24.9 Å². The molecule has 0 radical (unpaired) electrons. The number of carbonyl (C=O) groups is 2. The van der Waals surface area contributed by atoms with Gasteiger partial charge in [-0.1, -0.05) is 6.07 Å². The van der Waals surface area contributed by atoms with Crippen molar-refractivity contribution in [2.75, 3.05) is 42.5 Å². The van der Waals surface area contributed by atoms with Gasteiger partial charge in [-0.15, -0.1) is 10.2 Å². The van der Waals surface area contributed by atoms with Crippen molar-refractivity contribution in [1.29, 1.82) is 0 Å². The van der Waals surface area contributed by atoms with Gasteiger partial charge in [0.2, 0.25) is 11.8 Å². The molecule has 9 nitrogen and oxygen atoms in total. The Hall–Kier alpha value is -3.75. The average Bonchev–Trinajstić information content (AvgIpc) is 3.46. The van der Waals surface area contributed by atoms with Gasteiger partial charge in [0, 0.05) is 51.0 Å². The number of aromatic nitrogens is 4. The molecule has 9 heteroatoms. The van der Waals surface area contributed by atoms with E-state index in [1.165, 1.54) is 5.56 Å². The minimum Gasteiger partial charge on any atom is -0.352 e. The summed E-state index contributed by atoms with van der Waals surface area (Å²) in [4.78, 5) is 31.6. The van der Waals surface area contributed by atoms with E-state index in [9.17, 15) is 9.59 Å². The first-order valence-corrected chi connectivity index (χ1v) is 11.7. The zero-order valence-electron chi connectivity index (χ0n) is 19.8. The van der Waals surface area contributed by atoms with Crippen LogP contribution in [-0.2, 0) is 9.59 Å². The second-order valence-electron chi connectivity index (χ2n) is 9.14. The van der Waals surface area contributed by atoms with Crippen LogP contribution in [0, 0.1) is 26.7 Å². The summed E-state index contributed by atoms with van der Waals surface area (Å²) in [6.07, 6.45) is 2.13. The molecule has 2 fully saturated rings. The molecule has 1 aromatic carbocycles. The van der Waals surface area contributed by atoms with E-state index in [-0.39, 0.29) is 24.2 Å². The second kappa shape index (κ2) is 8.89. The normalized spacial score (nSPS) is 18.6. The van der Waals surface area contributed by atoms with Crippen LogP contribution in [0.2, 0.25) is 0 Å². The lowest BCUT2D eigenvalue weighted by Gasteiger charge is -2.36. The van der Waals surface area contributed by atoms with E-state index in [0.717, 1.165) is 22.8 Å². The summed E-state index contributed by atoms with van der Waals surface area (Å²) in [7, 11) is 0. The Kier molecular flexibility index (Phi) is 5.77. The highest BCUT2D eigenvalue weighted by atomic mass is 16.2. The summed E-state index contributed by atoms with van der Waals surface area (Å²) < 4.78 is 1.70. The number of rotatable bonds is 4. The monoisotopic (exact) mass is 459 g/mol. The van der Waals surface area contributed by atoms with Gasteiger partial charge in [-0.25, -0.2) is 4.68 Å². The first-order valence-electron chi connectivity index (χ1n) is 11.7. The van der Waals surface area contributed by atoms with Crippen LogP contribution in [0.25, 0.3) is 5.82 Å². The highest BCUT2D eigenvalue weighted by Crippen LogP contribution is 2.28. The molecule has 2 aromatic heterocycles. The first-order chi connectivity index (χ1) is 16.4. The fourth-order valence-electron chi connectivity index (χ4n) is 4.58. The number of piperazine rings is 1. The second-order valence-corrected chi connectivity index (χ2v) is 9.14. The fraction of sp³-hybridized carbons (Fsp3) is 0.400. The molecule has 0 spiro atoms. The Labute approximate surface area is 199 Å². The fourth-order valence-corrected chi connectivity index (χ4v) is 4.58. The van der Waals surface area contributed by atoms with E-state index >= 15 is 0 Å². The molecule has 2 aliphatic heterocycles. The largest absolute Gasteiger partial charge is 0.352 e. The third kappa shape index (κ3) is 4.25. The zero-order chi connectivity index (χ0) is 23.8. The molecule has 4 heterocycles. The maximum absolute atomic E-state index is 13.2. The topological polar surface area (TPSA) is 87.5 Å². The standard InChI is InChI=1S/C25H29N7O2/c1-17-4-5-21(14-18(17)2)31-16-20(15-24(31)33)25(34)30-12-10-29(11-13-30)22-6-7-23(27-26-22)32-9-8-19(3)28-32/h4-9,14,20H,10-13,15-16H2,1-3H3. The Balaban J connectivity index is 1.18. The molecular weight excluding hydrogens is 430 g/mol. The molecule has 2 saturated heterocycles. The Morgan fingerprint density at radius 1 is 0.912 bits per heavy atom. The van der Waals surface area contributed by atoms with Crippen LogP contribution in [0.3, 0.4) is 0 Å². The minimum absolute atomic E-state index is 0.0166. The maximum atomic E-state index is 13.2. The van der Waals surface area contributed by atoms with E-state index in [4.69, 9.17) is 0 Å². The van der Waals surface area contributed by atoms with Crippen molar-refractivity contribution in [2.24, 2.45) is 5.92 Å². The number of hydrogen-bond acceptors (Lipinski definition) is 6. The number of benzene rings is 1. The summed E-state index contributed by atoms with van der Waals surface area (Å²) in [5, 5.41) is 13.0. The first kappa shape index (κ1) is 22.1. The van der Waals surface area contributed by atoms with Crippen molar-refractivity contribution in [3.05, 3.63) is 59.4 Å². The smallest absolute Gasteiger partial charge is 0.228 e. The summed E-state index contributed by atoms with van der Waals surface area (Å²) in [5.41, 5.74) is 4.14. The van der Waals surface area contributed by atoms with Crippen molar-refractivity contribution < 1.29 is 9.59 Å². The summed E-state index contributed by atoms with van der Waals surface area (Å²) in [5.74, 6) is 1.25. The Morgan fingerprint density at radius 2 is 1.65 bits per heavy atom. The van der Waals surface area contributed by atoms with Gasteiger partial charge in [-0.3, -0.25) is 9.59 Å². The molecule has 0 saturated carbocycles. The van der Waals surface area contributed by atoms with Crippen molar-refractivity contribution in [2.45, 2.75) is 27.2 Å². The van der Waals surface area contributed by atoms with Crippen molar-refractivity contribution >= 4 is 23.3 Å². The van der Waals surface area contributed by atoms with Crippen LogP contribution < -0.4 is 9.80 Å². The van der Waals surface area contributed by atoms with Gasteiger partial charge in [0.15, 0.2) is 11.6 Å². The molecule has 1 atom stereocenters. The number of amides is 2. The number of nitrogens with zero attached hydrogens (tertiary/aromatic N) is 7. The summed E-state index contributed by atoms with van der Waals surface area (Å²) in [6, 6.07) is 11.8. The molecule has 176 valence electrons. The number of anilines is 2. The lowest BCUT2D eigenvalue weighted by Crippen LogP contribution is -2.51. The van der Waals surface area contributed by atoms with Gasteiger partial charge < -0.3 is 14.7 Å². The molecule has 2 aliphatic rings. The highest BCUT2D eigenvalue weighted by Gasteiger charge is 2.38. The van der Waals surface area contributed by atoms with Crippen molar-refractivity contribution in [3.63, 3.8) is 0 Å². The van der Waals surface area contributed by atoms with E-state index in [0.29, 0.717) is 38.5 Å². The lowest BCUT2D eigenvalue weighted by molar-refractivity contribution is -0.136. The van der Waals surface area contributed by atoms with Gasteiger partial charge in [-0.2, -0.15) is 5.10 Å². The quantitative estimate of drug-likeness (QED) is 0.595. The predicted octanol–water partition coefficient (Wildman–Crippen LogP) is 2.29. The SMILES string of the molecule is Cc1ccn(-c2ccc(N3CCN(C(=O)C4CC(=O)N(c5ccc(C)c(C)c5)C4)CC3)nn2)n1. The lowest BCUT2D eigenvalue weighted by atomic mass is 10.1. The predicted molar refractivity (Wildman–Crippen MR) is 129 cm³/mol. The molecule has 0 bridgehead atoms. The Bertz CT molecular complexity index is 1210. The van der Waals surface area contributed by atoms with E-state index in [2.05, 4.69) is 27.1 Å². The minimum atomic E-state index is -0.294. The number of hydrogen-bond donors (Lipinski definition) is 0. The zero-order valence-corrected chi connectivity index (χ0v) is 19.8. The molecule has 0 aliphatic carbocycles. The third-order valence-electron chi connectivity index (χ3n) is 6.79. The number of carbonyl (C=O) groups excluding carboxylic acids is 2. The molecule has 5 rings (SSSR count). The van der Waals surface area contributed by atoms with E-state index in [1.54, 1.807) is 9.58 Å². The van der Waals surface area contributed by atoms with E-state index < -0.39 is 0 Å². The van der Waals surface area contributed by atoms with Crippen LogP contribution in [0.1, 0.15) is 23.2 Å². The van der Waals surface area contributed by atoms with Gasteiger partial charge >= 0.3 is 0 Å². The summed E-state index contributed by atoms with van der Waals surface area (Å²) >= 11 is 0. The molecule has 3 aromatic rings. The van der Waals surface area contributed by atoms with Gasteiger partial charge in [-0.05, 0) is 62.2 Å². The van der Waals surface area contributed by atoms with Gasteiger partial charge in [0.25, 0.3) is 0 Å².